The summed E-state index contributed by atoms with van der Waals surface area (Å²) >= 11 is 0. The van der Waals surface area contributed by atoms with E-state index in [2.05, 4.69) is 16.9 Å². The maximum absolute atomic E-state index is 13.9. The van der Waals surface area contributed by atoms with Crippen LogP contribution in [0.2, 0.25) is 0 Å². The molecule has 33 heavy (non-hydrogen) atoms. The lowest BCUT2D eigenvalue weighted by Crippen LogP contribution is -2.65. The number of amides is 2. The number of benzene rings is 1. The Hall–Kier alpha value is -3.44. The molecule has 1 fully saturated rings. The third-order valence-corrected chi connectivity index (χ3v) is 5.97. The zero-order chi connectivity index (χ0) is 24.8. The standard InChI is InChI=1S/C21H24F3N5O4/c1-5-12(19(2,3)4)13-10-28(18(32)33)11-20(13,25-16(30)21(22,23)24)17(31)29-15-9-7-6-8-14(15)26-27-29/h5-9,12-13H,1,10-11H2,2-4H3,(H,25,30)(H,32,33). The monoisotopic (exact) mass is 467 g/mol. The summed E-state index contributed by atoms with van der Waals surface area (Å²) in [4.78, 5) is 38.6. The van der Waals surface area contributed by atoms with Crippen molar-refractivity contribution in [2.45, 2.75) is 32.5 Å². The molecule has 9 nitrogen and oxygen atoms in total. The van der Waals surface area contributed by atoms with Crippen LogP contribution in [0.4, 0.5) is 18.0 Å². The van der Waals surface area contributed by atoms with Gasteiger partial charge in [-0.25, -0.2) is 4.79 Å². The largest absolute Gasteiger partial charge is 0.471 e. The highest BCUT2D eigenvalue weighted by atomic mass is 19.4. The molecule has 1 saturated heterocycles. The Balaban J connectivity index is 2.25. The third kappa shape index (κ3) is 4.29. The molecule has 3 rings (SSSR count). The van der Waals surface area contributed by atoms with Crippen LogP contribution in [-0.4, -0.2) is 67.7 Å². The van der Waals surface area contributed by atoms with Crippen LogP contribution >= 0.6 is 0 Å². The average Bonchev–Trinajstić information content (AvgIpc) is 3.29. The number of hydrogen-bond acceptors (Lipinski definition) is 5. The molecule has 1 aliphatic rings. The van der Waals surface area contributed by atoms with Crippen LogP contribution in [0.15, 0.2) is 36.9 Å². The molecule has 0 radical (unpaired) electrons. The molecule has 3 atom stereocenters. The predicted octanol–water partition coefficient (Wildman–Crippen LogP) is 2.95. The molecule has 2 N–H and O–H groups in total. The van der Waals surface area contributed by atoms with Crippen molar-refractivity contribution in [3.8, 4) is 0 Å². The van der Waals surface area contributed by atoms with Crippen LogP contribution in [0.25, 0.3) is 11.0 Å². The zero-order valence-corrected chi connectivity index (χ0v) is 18.3. The van der Waals surface area contributed by atoms with E-state index in [1.807, 2.05) is 5.32 Å². The number of hydrogen-bond donors (Lipinski definition) is 2. The molecule has 1 aromatic carbocycles. The van der Waals surface area contributed by atoms with Gasteiger partial charge in [-0.1, -0.05) is 44.2 Å². The highest BCUT2D eigenvalue weighted by molar-refractivity contribution is 5.99. The van der Waals surface area contributed by atoms with E-state index in [1.165, 1.54) is 12.1 Å². The molecule has 178 valence electrons. The van der Waals surface area contributed by atoms with Gasteiger partial charge in [0.25, 0.3) is 5.91 Å². The molecule has 12 heteroatoms. The van der Waals surface area contributed by atoms with Gasteiger partial charge in [0, 0.05) is 12.5 Å². The zero-order valence-electron chi connectivity index (χ0n) is 18.3. The number of aromatic nitrogens is 3. The smallest absolute Gasteiger partial charge is 0.465 e. The van der Waals surface area contributed by atoms with E-state index < -0.39 is 53.4 Å². The van der Waals surface area contributed by atoms with Gasteiger partial charge in [0.2, 0.25) is 0 Å². The van der Waals surface area contributed by atoms with Gasteiger partial charge in [0.1, 0.15) is 11.1 Å². The maximum atomic E-state index is 13.9. The van der Waals surface area contributed by atoms with Crippen molar-refractivity contribution in [2.75, 3.05) is 13.1 Å². The number of likely N-dealkylation sites (tertiary alicyclic amines) is 1. The maximum Gasteiger partial charge on any atom is 0.471 e. The van der Waals surface area contributed by atoms with Crippen LogP contribution in [0, 0.1) is 17.3 Å². The van der Waals surface area contributed by atoms with Gasteiger partial charge < -0.3 is 15.3 Å². The Bertz CT molecular complexity index is 1110. The molecular formula is C21H24F3N5O4. The van der Waals surface area contributed by atoms with Crippen LogP contribution in [0.5, 0.6) is 0 Å². The number of halogens is 3. The predicted molar refractivity (Wildman–Crippen MR) is 111 cm³/mol. The second-order valence-corrected chi connectivity index (χ2v) is 9.12. The fourth-order valence-corrected chi connectivity index (χ4v) is 4.46. The summed E-state index contributed by atoms with van der Waals surface area (Å²) in [5, 5.41) is 19.1. The van der Waals surface area contributed by atoms with E-state index in [-0.39, 0.29) is 12.1 Å². The molecule has 0 spiro atoms. The van der Waals surface area contributed by atoms with Gasteiger partial charge in [-0.15, -0.1) is 11.7 Å². The molecule has 0 aliphatic carbocycles. The molecule has 2 amide bonds. The lowest BCUT2D eigenvalue weighted by atomic mass is 9.66. The van der Waals surface area contributed by atoms with Gasteiger partial charge in [0.15, 0.2) is 0 Å². The Morgan fingerprint density at radius 1 is 1.27 bits per heavy atom. The molecule has 2 aromatic rings. The van der Waals surface area contributed by atoms with Crippen molar-refractivity contribution in [2.24, 2.45) is 17.3 Å². The molecule has 3 unspecified atom stereocenters. The molecule has 1 aliphatic heterocycles. The lowest BCUT2D eigenvalue weighted by molar-refractivity contribution is -0.175. The van der Waals surface area contributed by atoms with Crippen molar-refractivity contribution in [3.05, 3.63) is 36.9 Å². The Morgan fingerprint density at radius 3 is 2.45 bits per heavy atom. The first-order valence-corrected chi connectivity index (χ1v) is 10.1. The summed E-state index contributed by atoms with van der Waals surface area (Å²) in [6.07, 6.45) is -5.27. The molecule has 0 bridgehead atoms. The van der Waals surface area contributed by atoms with Crippen LogP contribution in [0.1, 0.15) is 25.6 Å². The minimum absolute atomic E-state index is 0.210. The van der Waals surface area contributed by atoms with E-state index >= 15 is 0 Å². The molecule has 1 aromatic heterocycles. The van der Waals surface area contributed by atoms with Crippen molar-refractivity contribution >= 4 is 28.9 Å². The average molecular weight is 467 g/mol. The normalized spacial score (nSPS) is 22.2. The highest BCUT2D eigenvalue weighted by Gasteiger charge is 2.60. The Labute approximate surface area is 187 Å². The number of alkyl halides is 3. The first-order chi connectivity index (χ1) is 15.2. The van der Waals surface area contributed by atoms with Gasteiger partial charge in [-0.2, -0.15) is 17.9 Å². The van der Waals surface area contributed by atoms with Gasteiger partial charge in [-0.3, -0.25) is 9.59 Å². The summed E-state index contributed by atoms with van der Waals surface area (Å²) < 4.78 is 40.8. The second kappa shape index (κ2) is 8.16. The van der Waals surface area contributed by atoms with E-state index in [4.69, 9.17) is 0 Å². The molecule has 0 saturated carbocycles. The van der Waals surface area contributed by atoms with E-state index in [0.29, 0.717) is 5.52 Å². The number of nitrogens with zero attached hydrogens (tertiary/aromatic N) is 4. The van der Waals surface area contributed by atoms with Gasteiger partial charge >= 0.3 is 18.2 Å². The molecular weight excluding hydrogens is 443 g/mol. The summed E-state index contributed by atoms with van der Waals surface area (Å²) in [7, 11) is 0. The van der Waals surface area contributed by atoms with Crippen LogP contribution < -0.4 is 5.32 Å². The SMILES string of the molecule is C=CC(C1CN(C(=O)O)CC1(NC(=O)C(F)(F)F)C(=O)n1nnc2ccccc21)C(C)(C)C. The summed E-state index contributed by atoms with van der Waals surface area (Å²) in [6, 6.07) is 6.30. The number of carbonyl (C=O) groups is 3. The summed E-state index contributed by atoms with van der Waals surface area (Å²) in [5.41, 5.74) is -2.38. The van der Waals surface area contributed by atoms with Crippen molar-refractivity contribution in [1.29, 1.82) is 0 Å². The Morgan fingerprint density at radius 2 is 1.91 bits per heavy atom. The Kier molecular flexibility index (Phi) is 5.99. The highest BCUT2D eigenvalue weighted by Crippen LogP contribution is 2.44. The number of nitrogens with one attached hydrogen (secondary N) is 1. The number of para-hydroxylation sites is 1. The summed E-state index contributed by atoms with van der Waals surface area (Å²) in [5.74, 6) is -5.07. The van der Waals surface area contributed by atoms with E-state index in [9.17, 15) is 32.7 Å². The topological polar surface area (TPSA) is 117 Å². The summed E-state index contributed by atoms with van der Waals surface area (Å²) in [6.45, 7) is 8.13. The fraction of sp³-hybridized carbons (Fsp3) is 0.476. The van der Waals surface area contributed by atoms with Gasteiger partial charge in [-0.05, 0) is 23.5 Å². The molecule has 2 heterocycles. The van der Waals surface area contributed by atoms with E-state index in [0.717, 1.165) is 9.58 Å². The third-order valence-electron chi connectivity index (χ3n) is 5.97. The number of carbonyl (C=O) groups excluding carboxylic acids is 2. The lowest BCUT2D eigenvalue weighted by Gasteiger charge is -2.41. The first-order valence-electron chi connectivity index (χ1n) is 10.1. The van der Waals surface area contributed by atoms with E-state index in [1.54, 1.807) is 39.0 Å². The second-order valence-electron chi connectivity index (χ2n) is 9.12. The van der Waals surface area contributed by atoms with Crippen LogP contribution in [0.3, 0.4) is 0 Å². The van der Waals surface area contributed by atoms with Crippen molar-refractivity contribution < 1.29 is 32.7 Å². The van der Waals surface area contributed by atoms with Crippen molar-refractivity contribution in [3.63, 3.8) is 0 Å². The number of rotatable bonds is 4. The minimum Gasteiger partial charge on any atom is -0.465 e. The number of fused-ring (bicyclic) bond motifs is 1. The first kappa shape index (κ1) is 24.2. The van der Waals surface area contributed by atoms with Crippen LogP contribution in [-0.2, 0) is 4.79 Å². The van der Waals surface area contributed by atoms with Gasteiger partial charge in [0.05, 0.1) is 12.1 Å². The fourth-order valence-electron chi connectivity index (χ4n) is 4.46. The van der Waals surface area contributed by atoms with Crippen molar-refractivity contribution in [1.82, 2.24) is 25.2 Å². The number of allylic oxidation sites excluding steroid dienone is 1. The minimum atomic E-state index is -5.30. The number of carboxylic acid groups (broad SMARTS) is 1. The quantitative estimate of drug-likeness (QED) is 0.668.